The Balaban J connectivity index is 1.61. The fraction of sp³-hybridized carbons (Fsp3) is 0.381. The molecule has 0 spiro atoms. The van der Waals surface area contributed by atoms with Crippen molar-refractivity contribution in [3.05, 3.63) is 59.7 Å². The lowest BCUT2D eigenvalue weighted by atomic mass is 9.95. The van der Waals surface area contributed by atoms with E-state index in [1.165, 1.54) is 35.2 Å². The largest absolute Gasteiger partial charge is 0.341 e. The molecule has 2 aromatic rings. The first-order chi connectivity index (χ1) is 14.5. The summed E-state index contributed by atoms with van der Waals surface area (Å²) in [5.41, 5.74) is -0.429. The van der Waals surface area contributed by atoms with Crippen LogP contribution in [-0.2, 0) is 14.8 Å². The molecule has 0 aromatic heterocycles. The Morgan fingerprint density at radius 3 is 2.39 bits per heavy atom. The molecule has 1 saturated heterocycles. The second-order valence-electron chi connectivity index (χ2n) is 7.97. The van der Waals surface area contributed by atoms with Gasteiger partial charge < -0.3 is 4.90 Å². The summed E-state index contributed by atoms with van der Waals surface area (Å²) in [6, 6.07) is 8.41. The van der Waals surface area contributed by atoms with Crippen LogP contribution in [0.4, 0.5) is 17.6 Å². The lowest BCUT2D eigenvalue weighted by Crippen LogP contribution is -2.38. The Hall–Kier alpha value is -2.46. The SMILES string of the molecule is CS(=O)(=O)N[C@H]1CCN(C(=O)[C@@H]2[C@@H](c3ccccc3-c3c(F)cccc3F)C2(F)F)C1. The zero-order valence-electron chi connectivity index (χ0n) is 16.5. The van der Waals surface area contributed by atoms with E-state index in [0.29, 0.717) is 6.42 Å². The van der Waals surface area contributed by atoms with Crippen LogP contribution in [0.3, 0.4) is 0 Å². The van der Waals surface area contributed by atoms with Crippen molar-refractivity contribution in [2.24, 2.45) is 5.92 Å². The maximum absolute atomic E-state index is 14.8. The molecule has 31 heavy (non-hydrogen) atoms. The summed E-state index contributed by atoms with van der Waals surface area (Å²) in [6.45, 7) is 0.143. The summed E-state index contributed by atoms with van der Waals surface area (Å²) >= 11 is 0. The number of carbonyl (C=O) groups is 1. The van der Waals surface area contributed by atoms with Crippen molar-refractivity contribution in [2.75, 3.05) is 19.3 Å². The number of nitrogens with zero attached hydrogens (tertiary/aromatic N) is 1. The molecule has 1 amide bonds. The molecule has 1 saturated carbocycles. The van der Waals surface area contributed by atoms with Crippen LogP contribution >= 0.6 is 0 Å². The molecule has 10 heteroatoms. The van der Waals surface area contributed by atoms with E-state index in [2.05, 4.69) is 4.72 Å². The fourth-order valence-electron chi connectivity index (χ4n) is 4.33. The number of halogens is 4. The van der Waals surface area contributed by atoms with Gasteiger partial charge in [-0.25, -0.2) is 30.7 Å². The molecule has 4 rings (SSSR count). The number of sulfonamides is 1. The Kier molecular flexibility index (Phi) is 5.33. The molecule has 3 atom stereocenters. The van der Waals surface area contributed by atoms with Crippen LogP contribution in [0.1, 0.15) is 17.9 Å². The van der Waals surface area contributed by atoms with Gasteiger partial charge in [0.2, 0.25) is 15.9 Å². The summed E-state index contributed by atoms with van der Waals surface area (Å²) in [5, 5.41) is 0. The third-order valence-electron chi connectivity index (χ3n) is 5.73. The average Bonchev–Trinajstić information content (AvgIpc) is 2.99. The number of rotatable bonds is 5. The van der Waals surface area contributed by atoms with Gasteiger partial charge in [-0.15, -0.1) is 0 Å². The van der Waals surface area contributed by atoms with E-state index in [4.69, 9.17) is 0 Å². The molecular weight excluding hydrogens is 436 g/mol. The standard InChI is InChI=1S/C21H20F4N2O3S/c1-31(29,30)26-12-9-10-27(11-12)20(28)19-18(21(19,24)25)14-6-3-2-5-13(14)17-15(22)7-4-8-16(17)23/h2-8,12,18-19,26H,9-11H2,1H3/t12-,18+,19-/m0/s1. The van der Waals surface area contributed by atoms with Crippen LogP contribution in [0.2, 0.25) is 0 Å². The summed E-state index contributed by atoms with van der Waals surface area (Å²) in [6.07, 6.45) is 1.31. The summed E-state index contributed by atoms with van der Waals surface area (Å²) in [7, 11) is -3.49. The maximum Gasteiger partial charge on any atom is 0.268 e. The summed E-state index contributed by atoms with van der Waals surface area (Å²) in [5.74, 6) is -9.12. The smallest absolute Gasteiger partial charge is 0.268 e. The van der Waals surface area contributed by atoms with Gasteiger partial charge in [-0.05, 0) is 29.7 Å². The van der Waals surface area contributed by atoms with E-state index in [1.807, 2.05) is 0 Å². The van der Waals surface area contributed by atoms with Crippen LogP contribution in [0.25, 0.3) is 11.1 Å². The van der Waals surface area contributed by atoms with Gasteiger partial charge in [0.15, 0.2) is 0 Å². The molecule has 2 aliphatic rings. The lowest BCUT2D eigenvalue weighted by Gasteiger charge is -2.17. The van der Waals surface area contributed by atoms with Crippen molar-refractivity contribution >= 4 is 15.9 Å². The van der Waals surface area contributed by atoms with E-state index in [-0.39, 0.29) is 24.2 Å². The van der Waals surface area contributed by atoms with Gasteiger partial charge in [0.1, 0.15) is 17.6 Å². The predicted octanol–water partition coefficient (Wildman–Crippen LogP) is 3.13. The van der Waals surface area contributed by atoms with Gasteiger partial charge in [0.25, 0.3) is 5.92 Å². The topological polar surface area (TPSA) is 66.5 Å². The molecule has 5 nitrogen and oxygen atoms in total. The van der Waals surface area contributed by atoms with E-state index < -0.39 is 56.9 Å². The molecule has 1 aliphatic heterocycles. The monoisotopic (exact) mass is 456 g/mol. The highest BCUT2D eigenvalue weighted by atomic mass is 32.2. The highest BCUT2D eigenvalue weighted by molar-refractivity contribution is 7.88. The Morgan fingerprint density at radius 2 is 1.74 bits per heavy atom. The Labute approximate surface area is 177 Å². The minimum absolute atomic E-state index is 0.000132. The highest BCUT2D eigenvalue weighted by Gasteiger charge is 2.73. The molecule has 0 radical (unpaired) electrons. The van der Waals surface area contributed by atoms with Crippen molar-refractivity contribution in [1.29, 1.82) is 0 Å². The number of nitrogens with one attached hydrogen (secondary N) is 1. The minimum atomic E-state index is -3.49. The first kappa shape index (κ1) is 21.8. The second-order valence-corrected chi connectivity index (χ2v) is 9.75. The lowest BCUT2D eigenvalue weighted by molar-refractivity contribution is -0.133. The molecule has 1 N–H and O–H groups in total. The number of hydrogen-bond donors (Lipinski definition) is 1. The number of benzene rings is 2. The van der Waals surface area contributed by atoms with Crippen LogP contribution in [0.15, 0.2) is 42.5 Å². The zero-order chi connectivity index (χ0) is 22.6. The first-order valence-corrected chi connectivity index (χ1v) is 11.6. The number of amides is 1. The third-order valence-corrected chi connectivity index (χ3v) is 6.49. The molecule has 1 heterocycles. The van der Waals surface area contributed by atoms with Crippen molar-refractivity contribution in [3.63, 3.8) is 0 Å². The highest BCUT2D eigenvalue weighted by Crippen LogP contribution is 2.63. The molecule has 1 aliphatic carbocycles. The molecule has 0 unspecified atom stereocenters. The van der Waals surface area contributed by atoms with Gasteiger partial charge in [-0.1, -0.05) is 30.3 Å². The fourth-order valence-corrected chi connectivity index (χ4v) is 5.13. The van der Waals surface area contributed by atoms with Gasteiger partial charge >= 0.3 is 0 Å². The Bertz CT molecular complexity index is 1120. The van der Waals surface area contributed by atoms with Crippen LogP contribution in [0.5, 0.6) is 0 Å². The van der Waals surface area contributed by atoms with Crippen LogP contribution < -0.4 is 4.72 Å². The minimum Gasteiger partial charge on any atom is -0.341 e. The average molecular weight is 456 g/mol. The molecule has 0 bridgehead atoms. The summed E-state index contributed by atoms with van der Waals surface area (Å²) < 4.78 is 83.3. The van der Waals surface area contributed by atoms with Crippen molar-refractivity contribution in [3.8, 4) is 11.1 Å². The third kappa shape index (κ3) is 4.06. The van der Waals surface area contributed by atoms with Crippen LogP contribution in [-0.4, -0.2) is 50.5 Å². The van der Waals surface area contributed by atoms with Gasteiger partial charge in [0.05, 0.1) is 17.7 Å². The van der Waals surface area contributed by atoms with Crippen molar-refractivity contribution in [2.45, 2.75) is 24.3 Å². The van der Waals surface area contributed by atoms with Crippen LogP contribution in [0, 0.1) is 17.6 Å². The molecule has 2 aromatic carbocycles. The van der Waals surface area contributed by atoms with E-state index in [1.54, 1.807) is 0 Å². The van der Waals surface area contributed by atoms with Crippen molar-refractivity contribution < 1.29 is 30.8 Å². The number of likely N-dealkylation sites (tertiary alicyclic amines) is 1. The predicted molar refractivity (Wildman–Crippen MR) is 106 cm³/mol. The van der Waals surface area contributed by atoms with E-state index in [9.17, 15) is 30.8 Å². The molecular formula is C21H20F4N2O3S. The van der Waals surface area contributed by atoms with Gasteiger partial charge in [-0.3, -0.25) is 4.79 Å². The molecule has 2 fully saturated rings. The van der Waals surface area contributed by atoms with E-state index >= 15 is 0 Å². The maximum atomic E-state index is 14.8. The van der Waals surface area contributed by atoms with Gasteiger partial charge in [-0.2, -0.15) is 0 Å². The summed E-state index contributed by atoms with van der Waals surface area (Å²) in [4.78, 5) is 14.0. The van der Waals surface area contributed by atoms with Crippen molar-refractivity contribution in [1.82, 2.24) is 9.62 Å². The second kappa shape index (κ2) is 7.59. The quantitative estimate of drug-likeness (QED) is 0.704. The zero-order valence-corrected chi connectivity index (χ0v) is 17.3. The Morgan fingerprint density at radius 1 is 1.10 bits per heavy atom. The first-order valence-electron chi connectivity index (χ1n) is 9.68. The number of hydrogen-bond acceptors (Lipinski definition) is 3. The number of carbonyl (C=O) groups excluding carboxylic acids is 1. The van der Waals surface area contributed by atoms with E-state index in [0.717, 1.165) is 18.4 Å². The molecule has 166 valence electrons. The van der Waals surface area contributed by atoms with Gasteiger partial charge in [0, 0.05) is 19.1 Å². The number of alkyl halides is 2. The normalized spacial score (nSPS) is 24.9.